The topological polar surface area (TPSA) is 38.1 Å². The molecule has 2 heterocycles. The van der Waals surface area contributed by atoms with Crippen molar-refractivity contribution in [3.63, 3.8) is 0 Å². The molecule has 3 nitrogen and oxygen atoms in total. The number of aryl methyl sites for hydroxylation is 1. The first-order chi connectivity index (χ1) is 5.27. The Kier molecular flexibility index (Phi) is 1.46. The number of nitrogens with zero attached hydrogens (tertiary/aromatic N) is 1. The Labute approximate surface area is 65.8 Å². The molecule has 0 radical (unpaired) electrons. The number of fused-ring (bicyclic) bond motifs is 1. The van der Waals surface area contributed by atoms with Gasteiger partial charge in [-0.2, -0.15) is 0 Å². The molecule has 0 spiro atoms. The van der Waals surface area contributed by atoms with Crippen molar-refractivity contribution in [3.8, 4) is 0 Å². The number of rotatable bonds is 0. The summed E-state index contributed by atoms with van der Waals surface area (Å²) in [6, 6.07) is 0.333. The second kappa shape index (κ2) is 2.34. The third kappa shape index (κ3) is 1.05. The molecule has 2 rings (SSSR count). The Morgan fingerprint density at radius 1 is 1.64 bits per heavy atom. The number of oxazole rings is 1. The van der Waals surface area contributed by atoms with Gasteiger partial charge in [-0.05, 0) is 6.92 Å². The van der Waals surface area contributed by atoms with E-state index < -0.39 is 0 Å². The first-order valence-electron chi connectivity index (χ1n) is 3.97. The molecule has 0 aromatic carbocycles. The summed E-state index contributed by atoms with van der Waals surface area (Å²) in [6.07, 6.45) is 0.997. The summed E-state index contributed by atoms with van der Waals surface area (Å²) in [5, 5.41) is 3.32. The van der Waals surface area contributed by atoms with Crippen LogP contribution in [0.4, 0.5) is 0 Å². The first-order valence-corrected chi connectivity index (χ1v) is 3.97. The van der Waals surface area contributed by atoms with Crippen molar-refractivity contribution in [1.82, 2.24) is 10.3 Å². The molecule has 1 atom stereocenters. The van der Waals surface area contributed by atoms with Gasteiger partial charge in [-0.3, -0.25) is 0 Å². The van der Waals surface area contributed by atoms with Crippen molar-refractivity contribution in [2.24, 2.45) is 0 Å². The molecular formula is C8H12N2O. The Balaban J connectivity index is 2.43. The van der Waals surface area contributed by atoms with Crippen molar-refractivity contribution in [2.45, 2.75) is 26.3 Å². The van der Waals surface area contributed by atoms with E-state index in [1.54, 1.807) is 0 Å². The van der Waals surface area contributed by atoms with Crippen LogP contribution in [0.3, 0.4) is 0 Å². The van der Waals surface area contributed by atoms with Gasteiger partial charge in [0.2, 0.25) is 0 Å². The molecule has 0 aliphatic carbocycles. The predicted octanol–water partition coefficient (Wildman–Crippen LogP) is 1.19. The smallest absolute Gasteiger partial charge is 0.191 e. The zero-order valence-electron chi connectivity index (χ0n) is 6.85. The molecule has 0 saturated carbocycles. The van der Waals surface area contributed by atoms with Gasteiger partial charge in [0, 0.05) is 19.9 Å². The van der Waals surface area contributed by atoms with E-state index in [1.807, 2.05) is 6.92 Å². The van der Waals surface area contributed by atoms with Crippen LogP contribution in [0.15, 0.2) is 4.42 Å². The Morgan fingerprint density at radius 2 is 2.45 bits per heavy atom. The first kappa shape index (κ1) is 6.85. The Hall–Kier alpha value is -0.830. The molecule has 3 heteroatoms. The minimum absolute atomic E-state index is 0.333. The SMILES string of the molecule is Cc1nc2c(o1)[C@H](C)NCC2. The molecule has 11 heavy (non-hydrogen) atoms. The molecule has 1 aromatic rings. The van der Waals surface area contributed by atoms with Crippen molar-refractivity contribution in [2.75, 3.05) is 6.54 Å². The molecule has 60 valence electrons. The minimum Gasteiger partial charge on any atom is -0.444 e. The fourth-order valence-corrected chi connectivity index (χ4v) is 1.50. The second-order valence-electron chi connectivity index (χ2n) is 2.97. The van der Waals surface area contributed by atoms with Crippen LogP contribution < -0.4 is 5.32 Å². The molecular weight excluding hydrogens is 140 g/mol. The maximum atomic E-state index is 5.44. The highest BCUT2D eigenvalue weighted by molar-refractivity contribution is 5.16. The van der Waals surface area contributed by atoms with E-state index in [0.29, 0.717) is 6.04 Å². The van der Waals surface area contributed by atoms with Gasteiger partial charge in [0.15, 0.2) is 5.89 Å². The van der Waals surface area contributed by atoms with Crippen LogP contribution in [-0.4, -0.2) is 11.5 Å². The van der Waals surface area contributed by atoms with E-state index >= 15 is 0 Å². The van der Waals surface area contributed by atoms with Gasteiger partial charge < -0.3 is 9.73 Å². The molecule has 1 aliphatic heterocycles. The van der Waals surface area contributed by atoms with E-state index in [9.17, 15) is 0 Å². The quantitative estimate of drug-likeness (QED) is 0.606. The lowest BCUT2D eigenvalue weighted by molar-refractivity contribution is 0.397. The average Bonchev–Trinajstić information content (AvgIpc) is 2.31. The molecule has 1 aromatic heterocycles. The van der Waals surface area contributed by atoms with Gasteiger partial charge in [-0.1, -0.05) is 0 Å². The summed E-state index contributed by atoms with van der Waals surface area (Å²) in [5.74, 6) is 1.80. The summed E-state index contributed by atoms with van der Waals surface area (Å²) < 4.78 is 5.44. The lowest BCUT2D eigenvalue weighted by Gasteiger charge is -2.16. The second-order valence-corrected chi connectivity index (χ2v) is 2.97. The Bertz CT molecular complexity index is 267. The number of hydrogen-bond acceptors (Lipinski definition) is 3. The van der Waals surface area contributed by atoms with Gasteiger partial charge in [-0.25, -0.2) is 4.98 Å². The predicted molar refractivity (Wildman–Crippen MR) is 41.4 cm³/mol. The van der Waals surface area contributed by atoms with Crippen molar-refractivity contribution in [3.05, 3.63) is 17.3 Å². The van der Waals surface area contributed by atoms with Gasteiger partial charge in [0.05, 0.1) is 11.7 Å². The van der Waals surface area contributed by atoms with Crippen LogP contribution in [0.25, 0.3) is 0 Å². The lowest BCUT2D eigenvalue weighted by Crippen LogP contribution is -2.26. The highest BCUT2D eigenvalue weighted by Gasteiger charge is 2.20. The van der Waals surface area contributed by atoms with E-state index in [2.05, 4.69) is 17.2 Å². The van der Waals surface area contributed by atoms with Crippen LogP contribution in [-0.2, 0) is 6.42 Å². The fraction of sp³-hybridized carbons (Fsp3) is 0.625. The molecule has 0 unspecified atom stereocenters. The normalized spacial score (nSPS) is 23.3. The monoisotopic (exact) mass is 152 g/mol. The van der Waals surface area contributed by atoms with Gasteiger partial charge >= 0.3 is 0 Å². The maximum Gasteiger partial charge on any atom is 0.191 e. The number of aromatic nitrogens is 1. The van der Waals surface area contributed by atoms with E-state index in [1.165, 1.54) is 0 Å². The summed E-state index contributed by atoms with van der Waals surface area (Å²) in [6.45, 7) is 5.01. The lowest BCUT2D eigenvalue weighted by atomic mass is 10.1. The van der Waals surface area contributed by atoms with Crippen LogP contribution in [0.2, 0.25) is 0 Å². The van der Waals surface area contributed by atoms with Crippen LogP contribution in [0.5, 0.6) is 0 Å². The van der Waals surface area contributed by atoms with E-state index in [4.69, 9.17) is 4.42 Å². The third-order valence-electron chi connectivity index (χ3n) is 2.04. The number of nitrogens with one attached hydrogen (secondary N) is 1. The van der Waals surface area contributed by atoms with E-state index in [-0.39, 0.29) is 0 Å². The number of hydrogen-bond donors (Lipinski definition) is 1. The third-order valence-corrected chi connectivity index (χ3v) is 2.04. The zero-order chi connectivity index (χ0) is 7.84. The Morgan fingerprint density at radius 3 is 3.18 bits per heavy atom. The molecule has 1 N–H and O–H groups in total. The average molecular weight is 152 g/mol. The fourth-order valence-electron chi connectivity index (χ4n) is 1.50. The van der Waals surface area contributed by atoms with Crippen molar-refractivity contribution in [1.29, 1.82) is 0 Å². The molecule has 1 aliphatic rings. The van der Waals surface area contributed by atoms with Crippen LogP contribution >= 0.6 is 0 Å². The summed E-state index contributed by atoms with van der Waals surface area (Å²) >= 11 is 0. The zero-order valence-corrected chi connectivity index (χ0v) is 6.85. The van der Waals surface area contributed by atoms with Crippen molar-refractivity contribution < 1.29 is 4.42 Å². The van der Waals surface area contributed by atoms with Crippen LogP contribution in [0.1, 0.15) is 30.3 Å². The standard InChI is InChI=1S/C8H12N2O/c1-5-8-7(3-4-9-5)10-6(2)11-8/h5,9H,3-4H2,1-2H3/t5-/m0/s1. The minimum atomic E-state index is 0.333. The van der Waals surface area contributed by atoms with Gasteiger partial charge in [-0.15, -0.1) is 0 Å². The summed E-state index contributed by atoms with van der Waals surface area (Å²) in [4.78, 5) is 4.29. The van der Waals surface area contributed by atoms with Crippen molar-refractivity contribution >= 4 is 0 Å². The molecule has 0 saturated heterocycles. The largest absolute Gasteiger partial charge is 0.444 e. The van der Waals surface area contributed by atoms with Crippen LogP contribution in [0, 0.1) is 6.92 Å². The molecule has 0 bridgehead atoms. The van der Waals surface area contributed by atoms with E-state index in [0.717, 1.165) is 30.3 Å². The molecule has 0 amide bonds. The maximum absolute atomic E-state index is 5.44. The summed E-state index contributed by atoms with van der Waals surface area (Å²) in [5.41, 5.74) is 1.13. The highest BCUT2D eigenvalue weighted by Crippen LogP contribution is 2.22. The van der Waals surface area contributed by atoms with Gasteiger partial charge in [0.1, 0.15) is 5.76 Å². The molecule has 0 fully saturated rings. The highest BCUT2D eigenvalue weighted by atomic mass is 16.4. The summed E-state index contributed by atoms with van der Waals surface area (Å²) in [7, 11) is 0. The van der Waals surface area contributed by atoms with Gasteiger partial charge in [0.25, 0.3) is 0 Å².